The molecule has 0 fully saturated rings. The Morgan fingerprint density at radius 3 is 2.40 bits per heavy atom. The fraction of sp³-hybridized carbons (Fsp3) is 0.190. The Balaban J connectivity index is 1.79. The number of para-hydroxylation sites is 2. The number of sulfonamides is 1. The summed E-state index contributed by atoms with van der Waals surface area (Å²) in [5.41, 5.74) is 1.88. The Hall–Kier alpha value is -2.48. The van der Waals surface area contributed by atoms with Crippen LogP contribution in [0.2, 0.25) is 5.02 Å². The first-order valence-electron chi connectivity index (χ1n) is 9.27. The Kier molecular flexibility index (Phi) is 5.77. The number of hydrogen-bond donors (Lipinski definition) is 1. The molecule has 1 heterocycles. The van der Waals surface area contributed by atoms with Crippen molar-refractivity contribution in [3.63, 3.8) is 0 Å². The molecule has 0 spiro atoms. The van der Waals surface area contributed by atoms with E-state index >= 15 is 0 Å². The van der Waals surface area contributed by atoms with E-state index in [1.807, 2.05) is 31.2 Å². The number of aliphatic imine (C=N–C) groups is 1. The van der Waals surface area contributed by atoms with Crippen LogP contribution in [0.3, 0.4) is 0 Å². The predicted molar refractivity (Wildman–Crippen MR) is 121 cm³/mol. The standard InChI is InChI=1S/C21H18Cl2N4O2S/c1-13-6-9-15(12-17(13)23)24-20-21(26-19-5-3-2-4-18(19)25-20)27-30(28,29)16-10-7-14(22)8-11-16/h2-11,13,17H,12H2,1H3,(H,26,27). The number of nitrogens with zero attached hydrogens (tertiary/aromatic N) is 3. The molecule has 0 amide bonds. The maximum absolute atomic E-state index is 12.9. The lowest BCUT2D eigenvalue weighted by molar-refractivity contribution is 0.601. The Morgan fingerprint density at radius 1 is 1.07 bits per heavy atom. The maximum Gasteiger partial charge on any atom is 0.263 e. The molecule has 3 aromatic rings. The van der Waals surface area contributed by atoms with Gasteiger partial charge >= 0.3 is 0 Å². The summed E-state index contributed by atoms with van der Waals surface area (Å²) in [5.74, 6) is 0.467. The van der Waals surface area contributed by atoms with Gasteiger partial charge in [-0.05, 0) is 48.4 Å². The van der Waals surface area contributed by atoms with Crippen molar-refractivity contribution in [1.82, 2.24) is 9.97 Å². The highest BCUT2D eigenvalue weighted by Gasteiger charge is 2.21. The van der Waals surface area contributed by atoms with Crippen LogP contribution in [-0.4, -0.2) is 29.5 Å². The predicted octanol–water partition coefficient (Wildman–Crippen LogP) is 5.36. The molecular weight excluding hydrogens is 443 g/mol. The second kappa shape index (κ2) is 8.34. The van der Waals surface area contributed by atoms with E-state index in [1.165, 1.54) is 24.3 Å². The second-order valence-electron chi connectivity index (χ2n) is 6.99. The number of rotatable bonds is 4. The molecule has 0 saturated heterocycles. The Labute approximate surface area is 184 Å². The molecule has 2 aromatic carbocycles. The van der Waals surface area contributed by atoms with E-state index in [2.05, 4.69) is 19.7 Å². The van der Waals surface area contributed by atoms with Gasteiger partial charge in [-0.2, -0.15) is 0 Å². The third kappa shape index (κ3) is 4.48. The lowest BCUT2D eigenvalue weighted by Gasteiger charge is -2.19. The Bertz CT molecular complexity index is 1260. The van der Waals surface area contributed by atoms with Crippen LogP contribution < -0.4 is 4.72 Å². The molecule has 9 heteroatoms. The van der Waals surface area contributed by atoms with Crippen LogP contribution in [0.25, 0.3) is 11.0 Å². The summed E-state index contributed by atoms with van der Waals surface area (Å²) in [6.45, 7) is 2.03. The zero-order valence-corrected chi connectivity index (χ0v) is 18.3. The average molecular weight is 461 g/mol. The molecule has 1 aromatic heterocycles. The van der Waals surface area contributed by atoms with Crippen LogP contribution in [0.15, 0.2) is 70.6 Å². The molecule has 2 unspecified atom stereocenters. The van der Waals surface area contributed by atoms with E-state index in [1.54, 1.807) is 12.1 Å². The van der Waals surface area contributed by atoms with Crippen molar-refractivity contribution >= 4 is 61.6 Å². The summed E-state index contributed by atoms with van der Waals surface area (Å²) in [5, 5.41) is 0.358. The quantitative estimate of drug-likeness (QED) is 0.530. The highest BCUT2D eigenvalue weighted by atomic mass is 35.5. The van der Waals surface area contributed by atoms with Crippen LogP contribution in [0.1, 0.15) is 13.3 Å². The van der Waals surface area contributed by atoms with E-state index in [4.69, 9.17) is 23.2 Å². The number of halogens is 2. The molecule has 2 atom stereocenters. The minimum Gasteiger partial charge on any atom is -0.260 e. The van der Waals surface area contributed by atoms with Gasteiger partial charge in [0.2, 0.25) is 0 Å². The van der Waals surface area contributed by atoms with Gasteiger partial charge in [0.15, 0.2) is 11.6 Å². The van der Waals surface area contributed by atoms with E-state index in [0.717, 1.165) is 0 Å². The molecular formula is C21H18Cl2N4O2S. The SMILES string of the molecule is CC1C=CC(=Nc2nc3ccccc3nc2NS(=O)(=O)c2ccc(Cl)cc2)CC1Cl. The topological polar surface area (TPSA) is 84.3 Å². The first-order chi connectivity index (χ1) is 14.3. The van der Waals surface area contributed by atoms with Crippen LogP contribution >= 0.6 is 23.2 Å². The van der Waals surface area contributed by atoms with Gasteiger partial charge in [0, 0.05) is 22.5 Å². The summed E-state index contributed by atoms with van der Waals surface area (Å²) in [7, 11) is -3.91. The molecule has 0 bridgehead atoms. The number of hydrogen-bond acceptors (Lipinski definition) is 5. The number of aromatic nitrogens is 2. The normalized spacial score (nSPS) is 20.6. The average Bonchev–Trinajstić information content (AvgIpc) is 2.71. The number of nitrogens with one attached hydrogen (secondary N) is 1. The van der Waals surface area contributed by atoms with E-state index in [9.17, 15) is 8.42 Å². The van der Waals surface area contributed by atoms with Gasteiger partial charge < -0.3 is 0 Å². The molecule has 154 valence electrons. The van der Waals surface area contributed by atoms with E-state index in [-0.39, 0.29) is 27.8 Å². The smallest absolute Gasteiger partial charge is 0.260 e. The first-order valence-corrected chi connectivity index (χ1v) is 11.6. The van der Waals surface area contributed by atoms with Crippen molar-refractivity contribution in [2.75, 3.05) is 4.72 Å². The van der Waals surface area contributed by atoms with Crippen LogP contribution in [0.5, 0.6) is 0 Å². The van der Waals surface area contributed by atoms with Crippen LogP contribution in [-0.2, 0) is 10.0 Å². The first kappa shape index (κ1) is 20.8. The van der Waals surface area contributed by atoms with Crippen molar-refractivity contribution in [2.45, 2.75) is 23.6 Å². The summed E-state index contributed by atoms with van der Waals surface area (Å²) in [6, 6.07) is 13.1. The molecule has 4 rings (SSSR count). The highest BCUT2D eigenvalue weighted by molar-refractivity contribution is 7.92. The third-order valence-electron chi connectivity index (χ3n) is 4.72. The van der Waals surface area contributed by atoms with Crippen molar-refractivity contribution in [2.24, 2.45) is 10.9 Å². The molecule has 0 saturated carbocycles. The number of alkyl halides is 1. The molecule has 6 nitrogen and oxygen atoms in total. The van der Waals surface area contributed by atoms with Crippen molar-refractivity contribution in [3.05, 3.63) is 65.7 Å². The van der Waals surface area contributed by atoms with Gasteiger partial charge in [-0.25, -0.2) is 23.4 Å². The molecule has 1 aliphatic rings. The zero-order valence-electron chi connectivity index (χ0n) is 16.0. The van der Waals surface area contributed by atoms with Crippen LogP contribution in [0.4, 0.5) is 11.6 Å². The van der Waals surface area contributed by atoms with Crippen molar-refractivity contribution in [3.8, 4) is 0 Å². The van der Waals surface area contributed by atoms with Gasteiger partial charge in [0.1, 0.15) is 0 Å². The molecule has 1 N–H and O–H groups in total. The van der Waals surface area contributed by atoms with Gasteiger partial charge in [0.05, 0.1) is 15.9 Å². The number of allylic oxidation sites excluding steroid dienone is 2. The molecule has 30 heavy (non-hydrogen) atoms. The number of benzene rings is 2. The molecule has 0 radical (unpaired) electrons. The van der Waals surface area contributed by atoms with E-state index < -0.39 is 10.0 Å². The largest absolute Gasteiger partial charge is 0.263 e. The van der Waals surface area contributed by atoms with Crippen molar-refractivity contribution < 1.29 is 8.42 Å². The summed E-state index contributed by atoms with van der Waals surface area (Å²) in [6.07, 6.45) is 4.42. The van der Waals surface area contributed by atoms with Gasteiger partial charge in [-0.1, -0.05) is 36.7 Å². The minimum absolute atomic E-state index is 0.0503. The highest BCUT2D eigenvalue weighted by Crippen LogP contribution is 2.29. The fourth-order valence-corrected chi connectivity index (χ4v) is 4.36. The monoisotopic (exact) mass is 460 g/mol. The minimum atomic E-state index is -3.91. The van der Waals surface area contributed by atoms with Gasteiger partial charge in [0.25, 0.3) is 10.0 Å². The lowest BCUT2D eigenvalue weighted by atomic mass is 9.96. The zero-order chi connectivity index (χ0) is 21.3. The molecule has 1 aliphatic carbocycles. The lowest BCUT2D eigenvalue weighted by Crippen LogP contribution is -2.19. The fourth-order valence-electron chi connectivity index (χ4n) is 2.99. The third-order valence-corrected chi connectivity index (χ3v) is 6.88. The van der Waals surface area contributed by atoms with Crippen molar-refractivity contribution in [1.29, 1.82) is 0 Å². The number of anilines is 1. The second-order valence-corrected chi connectivity index (χ2v) is 9.66. The van der Waals surface area contributed by atoms with Crippen LogP contribution in [0, 0.1) is 5.92 Å². The van der Waals surface area contributed by atoms with Gasteiger partial charge in [-0.3, -0.25) is 4.72 Å². The number of fused-ring (bicyclic) bond motifs is 1. The summed E-state index contributed by atoms with van der Waals surface area (Å²) in [4.78, 5) is 13.6. The summed E-state index contributed by atoms with van der Waals surface area (Å²) < 4.78 is 28.3. The summed E-state index contributed by atoms with van der Waals surface area (Å²) >= 11 is 12.2. The Morgan fingerprint density at radius 2 is 1.73 bits per heavy atom. The van der Waals surface area contributed by atoms with E-state index in [0.29, 0.717) is 28.2 Å². The molecule has 0 aliphatic heterocycles. The van der Waals surface area contributed by atoms with Gasteiger partial charge in [-0.15, -0.1) is 11.6 Å². The maximum atomic E-state index is 12.9.